The number of ether oxygens (including phenoxy) is 2. The first kappa shape index (κ1) is 14.2. The Labute approximate surface area is 104 Å². The molecule has 0 saturated carbocycles. The van der Waals surface area contributed by atoms with Crippen LogP contribution < -0.4 is 5.73 Å². The lowest BCUT2D eigenvalue weighted by atomic mass is 10.0. The van der Waals surface area contributed by atoms with Crippen LogP contribution in [0.3, 0.4) is 0 Å². The average Bonchev–Trinajstić information content (AvgIpc) is 2.28. The molecule has 2 N–H and O–H groups in total. The molecule has 1 rings (SSSR count). The van der Waals surface area contributed by atoms with Crippen molar-refractivity contribution >= 4 is 0 Å². The van der Waals surface area contributed by atoms with Gasteiger partial charge >= 0.3 is 0 Å². The number of hydrogen-bond donors (Lipinski definition) is 1. The molecule has 0 amide bonds. The van der Waals surface area contributed by atoms with Crippen molar-refractivity contribution in [3.63, 3.8) is 0 Å². The second kappa shape index (κ2) is 7.43. The van der Waals surface area contributed by atoms with Crippen LogP contribution in [0.15, 0.2) is 24.3 Å². The van der Waals surface area contributed by atoms with Crippen molar-refractivity contribution in [2.75, 3.05) is 19.8 Å². The van der Waals surface area contributed by atoms with Gasteiger partial charge in [-0.2, -0.15) is 0 Å². The normalized spacial score (nSPS) is 13.0. The largest absolute Gasteiger partial charge is 0.377 e. The predicted molar refractivity (Wildman–Crippen MR) is 70.0 cm³/mol. The highest BCUT2D eigenvalue weighted by Gasteiger charge is 2.08. The lowest BCUT2D eigenvalue weighted by molar-refractivity contribution is 0.0161. The Balaban J connectivity index is 2.26. The second-order valence-electron chi connectivity index (χ2n) is 4.46. The van der Waals surface area contributed by atoms with E-state index in [1.165, 1.54) is 5.56 Å². The summed E-state index contributed by atoms with van der Waals surface area (Å²) in [6.07, 6.45) is 0.253. The van der Waals surface area contributed by atoms with E-state index in [4.69, 9.17) is 15.2 Å². The molecular formula is C14H23NO2. The topological polar surface area (TPSA) is 44.5 Å². The molecule has 1 atom stereocenters. The summed E-state index contributed by atoms with van der Waals surface area (Å²) in [5, 5.41) is 0. The van der Waals surface area contributed by atoms with E-state index in [0.717, 1.165) is 5.56 Å². The third-order valence-electron chi connectivity index (χ3n) is 2.56. The highest BCUT2D eigenvalue weighted by molar-refractivity contribution is 5.28. The van der Waals surface area contributed by atoms with E-state index in [-0.39, 0.29) is 12.1 Å². The molecule has 3 nitrogen and oxygen atoms in total. The van der Waals surface area contributed by atoms with Gasteiger partial charge in [0.1, 0.15) is 0 Å². The Morgan fingerprint density at radius 1 is 1.18 bits per heavy atom. The molecule has 0 fully saturated rings. The van der Waals surface area contributed by atoms with Gasteiger partial charge in [-0.1, -0.05) is 24.3 Å². The van der Waals surface area contributed by atoms with Crippen molar-refractivity contribution in [3.8, 4) is 0 Å². The highest BCUT2D eigenvalue weighted by Crippen LogP contribution is 2.15. The van der Waals surface area contributed by atoms with Gasteiger partial charge in [-0.15, -0.1) is 0 Å². The van der Waals surface area contributed by atoms with E-state index in [0.29, 0.717) is 19.8 Å². The van der Waals surface area contributed by atoms with Gasteiger partial charge < -0.3 is 15.2 Å². The fourth-order valence-corrected chi connectivity index (χ4v) is 1.65. The molecule has 1 unspecified atom stereocenters. The standard InChI is InChI=1S/C14H23NO2/c1-11(2)17-9-8-16-10-14(15)13-7-5-4-6-12(13)3/h4-7,11,14H,8-10,15H2,1-3H3. The minimum absolute atomic E-state index is 0.0600. The van der Waals surface area contributed by atoms with E-state index in [1.807, 2.05) is 32.0 Å². The van der Waals surface area contributed by atoms with Gasteiger partial charge in [0, 0.05) is 0 Å². The Morgan fingerprint density at radius 3 is 2.53 bits per heavy atom. The summed E-state index contributed by atoms with van der Waals surface area (Å²) in [7, 11) is 0. The Kier molecular flexibility index (Phi) is 6.19. The molecule has 0 bridgehead atoms. The highest BCUT2D eigenvalue weighted by atomic mass is 16.5. The molecule has 0 aliphatic carbocycles. The average molecular weight is 237 g/mol. The zero-order valence-electron chi connectivity index (χ0n) is 11.0. The molecule has 96 valence electrons. The Morgan fingerprint density at radius 2 is 1.88 bits per heavy atom. The van der Waals surface area contributed by atoms with Crippen LogP contribution in [0.5, 0.6) is 0 Å². The van der Waals surface area contributed by atoms with Crippen molar-refractivity contribution in [1.82, 2.24) is 0 Å². The first-order valence-corrected chi connectivity index (χ1v) is 6.11. The van der Waals surface area contributed by atoms with Crippen LogP contribution in [0, 0.1) is 6.92 Å². The number of rotatable bonds is 7. The maximum atomic E-state index is 6.07. The first-order valence-electron chi connectivity index (χ1n) is 6.11. The van der Waals surface area contributed by atoms with Crippen LogP contribution in [0.4, 0.5) is 0 Å². The summed E-state index contributed by atoms with van der Waals surface area (Å²) in [4.78, 5) is 0. The number of hydrogen-bond acceptors (Lipinski definition) is 3. The minimum Gasteiger partial charge on any atom is -0.377 e. The molecule has 0 aromatic heterocycles. The quantitative estimate of drug-likeness (QED) is 0.741. The van der Waals surface area contributed by atoms with Crippen LogP contribution in [-0.4, -0.2) is 25.9 Å². The van der Waals surface area contributed by atoms with Gasteiger partial charge in [-0.05, 0) is 31.9 Å². The van der Waals surface area contributed by atoms with E-state index in [2.05, 4.69) is 13.0 Å². The smallest absolute Gasteiger partial charge is 0.0703 e. The van der Waals surface area contributed by atoms with Crippen LogP contribution >= 0.6 is 0 Å². The fourth-order valence-electron chi connectivity index (χ4n) is 1.65. The van der Waals surface area contributed by atoms with Crippen LogP contribution in [0.2, 0.25) is 0 Å². The van der Waals surface area contributed by atoms with E-state index >= 15 is 0 Å². The molecular weight excluding hydrogens is 214 g/mol. The summed E-state index contributed by atoms with van der Waals surface area (Å²) in [6, 6.07) is 8.08. The molecule has 0 aliphatic heterocycles. The lowest BCUT2D eigenvalue weighted by Gasteiger charge is -2.15. The van der Waals surface area contributed by atoms with E-state index < -0.39 is 0 Å². The third-order valence-corrected chi connectivity index (χ3v) is 2.56. The molecule has 0 spiro atoms. The first-order chi connectivity index (χ1) is 8.11. The van der Waals surface area contributed by atoms with Gasteiger partial charge in [0.25, 0.3) is 0 Å². The number of nitrogens with two attached hydrogens (primary N) is 1. The number of aryl methyl sites for hydroxylation is 1. The molecule has 3 heteroatoms. The maximum absolute atomic E-state index is 6.07. The van der Waals surface area contributed by atoms with Crippen molar-refractivity contribution < 1.29 is 9.47 Å². The van der Waals surface area contributed by atoms with Gasteiger partial charge in [-0.25, -0.2) is 0 Å². The summed E-state index contributed by atoms with van der Waals surface area (Å²) < 4.78 is 10.9. The summed E-state index contributed by atoms with van der Waals surface area (Å²) in [6.45, 7) is 7.84. The zero-order chi connectivity index (χ0) is 12.7. The van der Waals surface area contributed by atoms with Crippen LogP contribution in [0.25, 0.3) is 0 Å². The summed E-state index contributed by atoms with van der Waals surface area (Å²) in [5.41, 5.74) is 8.43. The molecule has 0 aliphatic rings. The van der Waals surface area contributed by atoms with Gasteiger partial charge in [-0.3, -0.25) is 0 Å². The maximum Gasteiger partial charge on any atom is 0.0703 e. The van der Waals surface area contributed by atoms with Crippen molar-refractivity contribution in [2.45, 2.75) is 32.9 Å². The fraction of sp³-hybridized carbons (Fsp3) is 0.571. The molecule has 17 heavy (non-hydrogen) atoms. The van der Waals surface area contributed by atoms with Crippen molar-refractivity contribution in [3.05, 3.63) is 35.4 Å². The Bertz CT molecular complexity index is 326. The molecule has 0 radical (unpaired) electrons. The van der Waals surface area contributed by atoms with E-state index in [1.54, 1.807) is 0 Å². The molecule has 0 saturated heterocycles. The van der Waals surface area contributed by atoms with Crippen molar-refractivity contribution in [2.24, 2.45) is 5.73 Å². The summed E-state index contributed by atoms with van der Waals surface area (Å²) in [5.74, 6) is 0. The third kappa shape index (κ3) is 5.31. The zero-order valence-corrected chi connectivity index (χ0v) is 11.0. The molecule has 1 aromatic carbocycles. The van der Waals surface area contributed by atoms with Gasteiger partial charge in [0.05, 0.1) is 32.0 Å². The van der Waals surface area contributed by atoms with Crippen LogP contribution in [-0.2, 0) is 9.47 Å². The van der Waals surface area contributed by atoms with Gasteiger partial charge in [0.15, 0.2) is 0 Å². The SMILES string of the molecule is Cc1ccccc1C(N)COCCOC(C)C. The minimum atomic E-state index is -0.0600. The van der Waals surface area contributed by atoms with Crippen molar-refractivity contribution in [1.29, 1.82) is 0 Å². The predicted octanol–water partition coefficient (Wildman–Crippen LogP) is 2.44. The second-order valence-corrected chi connectivity index (χ2v) is 4.46. The molecule has 0 heterocycles. The lowest BCUT2D eigenvalue weighted by Crippen LogP contribution is -2.20. The van der Waals surface area contributed by atoms with Crippen LogP contribution in [0.1, 0.15) is 31.0 Å². The van der Waals surface area contributed by atoms with E-state index in [9.17, 15) is 0 Å². The number of benzene rings is 1. The summed E-state index contributed by atoms with van der Waals surface area (Å²) >= 11 is 0. The Hall–Kier alpha value is -0.900. The monoisotopic (exact) mass is 237 g/mol. The molecule has 1 aromatic rings. The van der Waals surface area contributed by atoms with Gasteiger partial charge in [0.2, 0.25) is 0 Å².